The second-order valence-corrected chi connectivity index (χ2v) is 5.29. The van der Waals surface area contributed by atoms with Crippen molar-refractivity contribution in [2.75, 3.05) is 0 Å². The Labute approximate surface area is 125 Å². The van der Waals surface area contributed by atoms with Crippen LogP contribution in [0.3, 0.4) is 0 Å². The van der Waals surface area contributed by atoms with Crippen molar-refractivity contribution in [1.82, 2.24) is 0 Å². The molecular weight excluding hydrogens is 326 g/mol. The van der Waals surface area contributed by atoms with Gasteiger partial charge in [0.05, 0.1) is 0 Å². The number of rotatable bonds is 4. The standard InChI is InChI=1S/C16H15BrF2O/c1-10-5-13(8-17)6-11(2)16(10)20-9-12-3-4-14(18)15(19)7-12/h3-7H,8-9H2,1-2H3. The van der Waals surface area contributed by atoms with Crippen LogP contribution in [0.25, 0.3) is 0 Å². The van der Waals surface area contributed by atoms with Crippen molar-refractivity contribution in [3.8, 4) is 5.75 Å². The predicted molar refractivity (Wildman–Crippen MR) is 79.2 cm³/mol. The molecule has 0 radical (unpaired) electrons. The molecule has 0 unspecified atom stereocenters. The molecule has 2 aromatic rings. The summed E-state index contributed by atoms with van der Waals surface area (Å²) in [7, 11) is 0. The first-order valence-corrected chi connectivity index (χ1v) is 7.36. The van der Waals surface area contributed by atoms with E-state index in [4.69, 9.17) is 4.74 Å². The second kappa shape index (κ2) is 6.35. The molecule has 1 nitrogen and oxygen atoms in total. The molecule has 106 valence electrons. The number of benzene rings is 2. The van der Waals surface area contributed by atoms with Crippen molar-refractivity contribution < 1.29 is 13.5 Å². The van der Waals surface area contributed by atoms with Crippen LogP contribution in [0, 0.1) is 25.5 Å². The summed E-state index contributed by atoms with van der Waals surface area (Å²) in [5, 5.41) is 0.790. The van der Waals surface area contributed by atoms with Gasteiger partial charge >= 0.3 is 0 Å². The van der Waals surface area contributed by atoms with Gasteiger partial charge in [-0.1, -0.05) is 34.1 Å². The number of alkyl halides is 1. The lowest BCUT2D eigenvalue weighted by Crippen LogP contribution is -2.01. The van der Waals surface area contributed by atoms with E-state index in [0.29, 0.717) is 5.56 Å². The molecular formula is C16H15BrF2O. The fourth-order valence-corrected chi connectivity index (χ4v) is 2.45. The van der Waals surface area contributed by atoms with Crippen molar-refractivity contribution in [1.29, 1.82) is 0 Å². The largest absolute Gasteiger partial charge is 0.488 e. The topological polar surface area (TPSA) is 9.23 Å². The summed E-state index contributed by atoms with van der Waals surface area (Å²) < 4.78 is 31.7. The van der Waals surface area contributed by atoms with E-state index in [1.54, 1.807) is 0 Å². The van der Waals surface area contributed by atoms with Gasteiger partial charge in [0.15, 0.2) is 11.6 Å². The molecule has 0 saturated carbocycles. The minimum atomic E-state index is -0.853. The first-order chi connectivity index (χ1) is 9.51. The third-order valence-corrected chi connectivity index (χ3v) is 3.69. The maximum atomic E-state index is 13.1. The number of aryl methyl sites for hydroxylation is 2. The smallest absolute Gasteiger partial charge is 0.159 e. The Morgan fingerprint density at radius 3 is 2.15 bits per heavy atom. The lowest BCUT2D eigenvalue weighted by atomic mass is 10.1. The van der Waals surface area contributed by atoms with Crippen LogP contribution in [0.4, 0.5) is 8.78 Å². The first kappa shape index (κ1) is 15.0. The molecule has 0 fully saturated rings. The van der Waals surface area contributed by atoms with Gasteiger partial charge in [-0.25, -0.2) is 8.78 Å². The molecule has 0 aliphatic carbocycles. The minimum absolute atomic E-state index is 0.215. The highest BCUT2D eigenvalue weighted by molar-refractivity contribution is 9.08. The van der Waals surface area contributed by atoms with E-state index in [9.17, 15) is 8.78 Å². The summed E-state index contributed by atoms with van der Waals surface area (Å²) in [4.78, 5) is 0. The van der Waals surface area contributed by atoms with Gasteiger partial charge in [0.2, 0.25) is 0 Å². The molecule has 0 aliphatic rings. The third kappa shape index (κ3) is 3.37. The van der Waals surface area contributed by atoms with Crippen LogP contribution in [0.2, 0.25) is 0 Å². The van der Waals surface area contributed by atoms with Gasteiger partial charge in [-0.2, -0.15) is 0 Å². The molecule has 0 saturated heterocycles. The van der Waals surface area contributed by atoms with Crippen LogP contribution < -0.4 is 4.74 Å². The van der Waals surface area contributed by atoms with E-state index in [-0.39, 0.29) is 6.61 Å². The quantitative estimate of drug-likeness (QED) is 0.707. The summed E-state index contributed by atoms with van der Waals surface area (Å²) >= 11 is 3.42. The molecule has 0 heterocycles. The van der Waals surface area contributed by atoms with Crippen molar-refractivity contribution in [2.45, 2.75) is 25.8 Å². The van der Waals surface area contributed by atoms with E-state index >= 15 is 0 Å². The summed E-state index contributed by atoms with van der Waals surface area (Å²) in [5.41, 5.74) is 3.84. The molecule has 2 aromatic carbocycles. The first-order valence-electron chi connectivity index (χ1n) is 6.24. The van der Waals surface area contributed by atoms with E-state index in [1.807, 2.05) is 26.0 Å². The Hall–Kier alpha value is -1.42. The summed E-state index contributed by atoms with van der Waals surface area (Å²) in [6.45, 7) is 4.16. The molecule has 0 spiro atoms. The minimum Gasteiger partial charge on any atom is -0.488 e. The predicted octanol–water partition coefficient (Wildman–Crippen LogP) is 5.06. The zero-order valence-corrected chi connectivity index (χ0v) is 12.9. The highest BCUT2D eigenvalue weighted by atomic mass is 79.9. The number of hydrogen-bond donors (Lipinski definition) is 0. The van der Waals surface area contributed by atoms with Crippen LogP contribution in [-0.4, -0.2) is 0 Å². The molecule has 0 N–H and O–H groups in total. The molecule has 0 atom stereocenters. The number of hydrogen-bond acceptors (Lipinski definition) is 1. The fraction of sp³-hybridized carbons (Fsp3) is 0.250. The van der Waals surface area contributed by atoms with Crippen LogP contribution in [0.5, 0.6) is 5.75 Å². The van der Waals surface area contributed by atoms with Gasteiger partial charge in [0, 0.05) is 5.33 Å². The zero-order valence-electron chi connectivity index (χ0n) is 11.3. The average molecular weight is 341 g/mol. The Morgan fingerprint density at radius 2 is 1.60 bits per heavy atom. The molecule has 20 heavy (non-hydrogen) atoms. The Bertz CT molecular complexity index is 603. The molecule has 0 aromatic heterocycles. The van der Waals surface area contributed by atoms with E-state index in [0.717, 1.165) is 34.3 Å². The summed E-state index contributed by atoms with van der Waals surface area (Å²) in [5.74, 6) is -0.906. The lowest BCUT2D eigenvalue weighted by Gasteiger charge is -2.13. The summed E-state index contributed by atoms with van der Waals surface area (Å²) in [6, 6.07) is 7.88. The second-order valence-electron chi connectivity index (χ2n) is 4.73. The van der Waals surface area contributed by atoms with E-state index < -0.39 is 11.6 Å². The number of ether oxygens (including phenoxy) is 1. The highest BCUT2D eigenvalue weighted by Crippen LogP contribution is 2.26. The van der Waals surface area contributed by atoms with Crippen LogP contribution >= 0.6 is 15.9 Å². The maximum absolute atomic E-state index is 13.1. The van der Waals surface area contributed by atoms with Gasteiger partial charge in [0.1, 0.15) is 12.4 Å². The van der Waals surface area contributed by atoms with E-state index in [2.05, 4.69) is 15.9 Å². The van der Waals surface area contributed by atoms with Crippen molar-refractivity contribution >= 4 is 15.9 Å². The van der Waals surface area contributed by atoms with Crippen molar-refractivity contribution in [2.24, 2.45) is 0 Å². The van der Waals surface area contributed by atoms with Gasteiger partial charge in [0.25, 0.3) is 0 Å². The average Bonchev–Trinajstić information content (AvgIpc) is 2.41. The molecule has 0 aliphatic heterocycles. The van der Waals surface area contributed by atoms with Gasteiger partial charge in [-0.05, 0) is 48.2 Å². The van der Waals surface area contributed by atoms with Crippen LogP contribution in [-0.2, 0) is 11.9 Å². The van der Waals surface area contributed by atoms with E-state index in [1.165, 1.54) is 11.6 Å². The van der Waals surface area contributed by atoms with Crippen molar-refractivity contribution in [3.05, 3.63) is 64.2 Å². The number of halogens is 3. The van der Waals surface area contributed by atoms with Crippen LogP contribution in [0.1, 0.15) is 22.3 Å². The normalized spacial score (nSPS) is 10.7. The monoisotopic (exact) mass is 340 g/mol. The van der Waals surface area contributed by atoms with Gasteiger partial charge in [-0.3, -0.25) is 0 Å². The third-order valence-electron chi connectivity index (χ3n) is 3.04. The van der Waals surface area contributed by atoms with Crippen LogP contribution in [0.15, 0.2) is 30.3 Å². The summed E-state index contributed by atoms with van der Waals surface area (Å²) in [6.07, 6.45) is 0. The highest BCUT2D eigenvalue weighted by Gasteiger charge is 2.08. The molecule has 4 heteroatoms. The Kier molecular flexibility index (Phi) is 4.76. The maximum Gasteiger partial charge on any atom is 0.159 e. The molecule has 0 bridgehead atoms. The molecule has 0 amide bonds. The van der Waals surface area contributed by atoms with Crippen molar-refractivity contribution in [3.63, 3.8) is 0 Å². The van der Waals surface area contributed by atoms with Gasteiger partial charge in [-0.15, -0.1) is 0 Å². The molecule has 2 rings (SSSR count). The Morgan fingerprint density at radius 1 is 0.950 bits per heavy atom. The zero-order chi connectivity index (χ0) is 14.7. The SMILES string of the molecule is Cc1cc(CBr)cc(C)c1OCc1ccc(F)c(F)c1. The Balaban J connectivity index is 2.16. The lowest BCUT2D eigenvalue weighted by molar-refractivity contribution is 0.301. The van der Waals surface area contributed by atoms with Gasteiger partial charge < -0.3 is 4.74 Å². The fourth-order valence-electron chi connectivity index (χ4n) is 2.13.